The van der Waals surface area contributed by atoms with E-state index in [0.717, 1.165) is 23.5 Å². The molecule has 0 aromatic heterocycles. The fraction of sp³-hybridized carbons (Fsp3) is 0.611. The van der Waals surface area contributed by atoms with Gasteiger partial charge >= 0.3 is 0 Å². The fourth-order valence-corrected chi connectivity index (χ4v) is 3.41. The third-order valence-corrected chi connectivity index (χ3v) is 4.72. The normalized spacial score (nSPS) is 26.0. The van der Waals surface area contributed by atoms with E-state index in [-0.39, 0.29) is 5.84 Å². The molecule has 1 aromatic carbocycles. The molecule has 116 valence electrons. The zero-order valence-corrected chi connectivity index (χ0v) is 13.4. The number of ether oxygens (including phenoxy) is 1. The summed E-state index contributed by atoms with van der Waals surface area (Å²) in [7, 11) is 0. The highest BCUT2D eigenvalue weighted by Gasteiger charge is 2.31. The molecule has 0 bridgehead atoms. The molecule has 1 aliphatic carbocycles. The van der Waals surface area contributed by atoms with Gasteiger partial charge in [-0.05, 0) is 36.2 Å². The average Bonchev–Trinajstić information content (AvgIpc) is 2.45. The van der Waals surface area contributed by atoms with Crippen LogP contribution in [0.2, 0.25) is 0 Å². The molecular formula is C18H28N2O. The number of nitrogens with one attached hydrogen (secondary N) is 1. The SMILES string of the molecule is CC1CCC(C(C)C)C(OCc2ccccc2C(=N)N)C1. The lowest BCUT2D eigenvalue weighted by Gasteiger charge is -2.37. The topological polar surface area (TPSA) is 59.1 Å². The Labute approximate surface area is 128 Å². The molecule has 1 aromatic rings. The summed E-state index contributed by atoms with van der Waals surface area (Å²) in [6.45, 7) is 7.45. The van der Waals surface area contributed by atoms with Crippen molar-refractivity contribution in [3.63, 3.8) is 0 Å². The molecule has 3 atom stereocenters. The highest BCUT2D eigenvalue weighted by Crippen LogP contribution is 2.35. The van der Waals surface area contributed by atoms with Gasteiger partial charge in [-0.3, -0.25) is 5.41 Å². The van der Waals surface area contributed by atoms with Crippen molar-refractivity contribution >= 4 is 5.84 Å². The molecule has 1 fully saturated rings. The summed E-state index contributed by atoms with van der Waals surface area (Å²) >= 11 is 0. The number of rotatable bonds is 5. The third-order valence-electron chi connectivity index (χ3n) is 4.72. The lowest BCUT2D eigenvalue weighted by molar-refractivity contribution is -0.0473. The Morgan fingerprint density at radius 2 is 2.05 bits per heavy atom. The molecule has 3 heteroatoms. The van der Waals surface area contributed by atoms with Crippen LogP contribution in [0.3, 0.4) is 0 Å². The zero-order chi connectivity index (χ0) is 15.4. The van der Waals surface area contributed by atoms with Gasteiger partial charge in [0, 0.05) is 5.56 Å². The monoisotopic (exact) mass is 288 g/mol. The van der Waals surface area contributed by atoms with Gasteiger partial charge in [0.1, 0.15) is 5.84 Å². The molecule has 1 saturated carbocycles. The maximum absolute atomic E-state index is 7.66. The molecule has 0 radical (unpaired) electrons. The molecule has 3 N–H and O–H groups in total. The lowest BCUT2D eigenvalue weighted by atomic mass is 9.75. The van der Waals surface area contributed by atoms with Crippen molar-refractivity contribution in [3.8, 4) is 0 Å². The van der Waals surface area contributed by atoms with Crippen molar-refractivity contribution in [2.45, 2.75) is 52.7 Å². The Hall–Kier alpha value is -1.35. The van der Waals surface area contributed by atoms with Crippen molar-refractivity contribution in [3.05, 3.63) is 35.4 Å². The first kappa shape index (κ1) is 16.0. The number of amidine groups is 1. The van der Waals surface area contributed by atoms with Crippen molar-refractivity contribution in [1.82, 2.24) is 0 Å². The number of nitrogens with two attached hydrogens (primary N) is 1. The molecule has 0 heterocycles. The molecule has 21 heavy (non-hydrogen) atoms. The van der Waals surface area contributed by atoms with Crippen LogP contribution in [0.1, 0.15) is 51.2 Å². The second kappa shape index (κ2) is 7.08. The van der Waals surface area contributed by atoms with Crippen molar-refractivity contribution in [2.75, 3.05) is 0 Å². The van der Waals surface area contributed by atoms with Gasteiger partial charge in [-0.1, -0.05) is 51.5 Å². The third kappa shape index (κ3) is 4.07. The second-order valence-electron chi connectivity index (χ2n) is 6.75. The molecule has 0 amide bonds. The van der Waals surface area contributed by atoms with Crippen LogP contribution in [0.5, 0.6) is 0 Å². The molecule has 0 aliphatic heterocycles. The van der Waals surface area contributed by atoms with E-state index in [4.69, 9.17) is 15.9 Å². The summed E-state index contributed by atoms with van der Waals surface area (Å²) in [6, 6.07) is 7.80. The van der Waals surface area contributed by atoms with Crippen LogP contribution < -0.4 is 5.73 Å². The molecule has 2 rings (SSSR count). The van der Waals surface area contributed by atoms with Gasteiger partial charge in [0.25, 0.3) is 0 Å². The van der Waals surface area contributed by atoms with Crippen LogP contribution in [0.15, 0.2) is 24.3 Å². The smallest absolute Gasteiger partial charge is 0.123 e. The van der Waals surface area contributed by atoms with E-state index >= 15 is 0 Å². The van der Waals surface area contributed by atoms with Gasteiger partial charge in [-0.2, -0.15) is 0 Å². The van der Waals surface area contributed by atoms with E-state index in [0.29, 0.717) is 24.5 Å². The van der Waals surface area contributed by atoms with Gasteiger partial charge in [-0.25, -0.2) is 0 Å². The second-order valence-corrected chi connectivity index (χ2v) is 6.75. The van der Waals surface area contributed by atoms with Gasteiger partial charge < -0.3 is 10.5 Å². The Kier molecular flexibility index (Phi) is 5.40. The van der Waals surface area contributed by atoms with Gasteiger partial charge in [-0.15, -0.1) is 0 Å². The Bertz CT molecular complexity index is 484. The van der Waals surface area contributed by atoms with E-state index in [9.17, 15) is 0 Å². The van der Waals surface area contributed by atoms with E-state index in [1.807, 2.05) is 24.3 Å². The predicted octanol–water partition coefficient (Wildman–Crippen LogP) is 3.95. The first-order chi connectivity index (χ1) is 9.99. The molecule has 0 saturated heterocycles. The van der Waals surface area contributed by atoms with Crippen molar-refractivity contribution in [2.24, 2.45) is 23.5 Å². The van der Waals surface area contributed by atoms with E-state index < -0.39 is 0 Å². The number of hydrogen-bond donors (Lipinski definition) is 2. The van der Waals surface area contributed by atoms with Gasteiger partial charge in [0.05, 0.1) is 12.7 Å². The average molecular weight is 288 g/mol. The maximum atomic E-state index is 7.66. The number of benzene rings is 1. The lowest BCUT2D eigenvalue weighted by Crippen LogP contribution is -2.34. The van der Waals surface area contributed by atoms with E-state index in [1.165, 1.54) is 12.8 Å². The van der Waals surface area contributed by atoms with Crippen molar-refractivity contribution < 1.29 is 4.74 Å². The molecule has 3 nitrogen and oxygen atoms in total. The zero-order valence-electron chi connectivity index (χ0n) is 13.4. The summed E-state index contributed by atoms with van der Waals surface area (Å²) < 4.78 is 6.25. The molecule has 3 unspecified atom stereocenters. The Morgan fingerprint density at radius 3 is 2.71 bits per heavy atom. The van der Waals surface area contributed by atoms with Crippen LogP contribution in [0.4, 0.5) is 0 Å². The van der Waals surface area contributed by atoms with Gasteiger partial charge in [0.2, 0.25) is 0 Å². The highest BCUT2D eigenvalue weighted by atomic mass is 16.5. The fourth-order valence-electron chi connectivity index (χ4n) is 3.41. The largest absolute Gasteiger partial charge is 0.384 e. The first-order valence-electron chi connectivity index (χ1n) is 8.03. The predicted molar refractivity (Wildman–Crippen MR) is 87.4 cm³/mol. The minimum absolute atomic E-state index is 0.117. The number of hydrogen-bond acceptors (Lipinski definition) is 2. The standard InChI is InChI=1S/C18H28N2O/c1-12(2)15-9-8-13(3)10-17(15)21-11-14-6-4-5-7-16(14)18(19)20/h4-7,12-13,15,17H,8-11H2,1-3H3,(H3,19,20). The van der Waals surface area contributed by atoms with Crippen LogP contribution >= 0.6 is 0 Å². The Morgan fingerprint density at radius 1 is 1.33 bits per heavy atom. The minimum atomic E-state index is 0.117. The highest BCUT2D eigenvalue weighted by molar-refractivity contribution is 5.96. The summed E-state index contributed by atoms with van der Waals surface area (Å²) in [5.74, 6) is 2.16. The van der Waals surface area contributed by atoms with Crippen LogP contribution in [0, 0.1) is 23.2 Å². The summed E-state index contributed by atoms with van der Waals surface area (Å²) in [5.41, 5.74) is 7.46. The van der Waals surface area contributed by atoms with Crippen LogP contribution in [-0.4, -0.2) is 11.9 Å². The minimum Gasteiger partial charge on any atom is -0.384 e. The van der Waals surface area contributed by atoms with E-state index in [2.05, 4.69) is 20.8 Å². The van der Waals surface area contributed by atoms with Crippen molar-refractivity contribution in [1.29, 1.82) is 5.41 Å². The molecule has 0 spiro atoms. The van der Waals surface area contributed by atoms with E-state index in [1.54, 1.807) is 0 Å². The van der Waals surface area contributed by atoms with Gasteiger partial charge in [0.15, 0.2) is 0 Å². The quantitative estimate of drug-likeness (QED) is 0.636. The number of nitrogen functional groups attached to an aromatic ring is 1. The maximum Gasteiger partial charge on any atom is 0.123 e. The molecular weight excluding hydrogens is 260 g/mol. The molecule has 1 aliphatic rings. The Balaban J connectivity index is 2.05. The summed E-state index contributed by atoms with van der Waals surface area (Å²) in [6.07, 6.45) is 4.05. The van der Waals surface area contributed by atoms with Crippen LogP contribution in [0.25, 0.3) is 0 Å². The van der Waals surface area contributed by atoms with Crippen LogP contribution in [-0.2, 0) is 11.3 Å². The summed E-state index contributed by atoms with van der Waals surface area (Å²) in [5, 5.41) is 7.66. The first-order valence-corrected chi connectivity index (χ1v) is 8.03. The summed E-state index contributed by atoms with van der Waals surface area (Å²) in [4.78, 5) is 0.